The van der Waals surface area contributed by atoms with Gasteiger partial charge in [-0.15, -0.1) is 0 Å². The van der Waals surface area contributed by atoms with Crippen LogP contribution in [-0.2, 0) is 21.4 Å². The maximum atomic E-state index is 13.1. The van der Waals surface area contributed by atoms with Crippen molar-refractivity contribution in [2.24, 2.45) is 0 Å². The number of aryl methyl sites for hydroxylation is 1. The fraction of sp³-hybridized carbons (Fsp3) is 0.350. The maximum Gasteiger partial charge on any atom is 0.414 e. The lowest BCUT2D eigenvalue weighted by Gasteiger charge is -2.40. The zero-order chi connectivity index (χ0) is 20.8. The number of rotatable bonds is 3. The molecule has 1 saturated heterocycles. The molecule has 0 aromatic heterocycles. The van der Waals surface area contributed by atoms with Gasteiger partial charge in [0, 0.05) is 24.7 Å². The van der Waals surface area contributed by atoms with E-state index in [2.05, 4.69) is 0 Å². The third kappa shape index (κ3) is 3.72. The first-order valence-electron chi connectivity index (χ1n) is 9.28. The molecule has 2 heterocycles. The fourth-order valence-corrected chi connectivity index (χ4v) is 6.48. The second-order valence-electron chi connectivity index (χ2n) is 7.24. The van der Waals surface area contributed by atoms with Crippen LogP contribution in [0.2, 0.25) is 10.0 Å². The highest BCUT2D eigenvalue weighted by atomic mass is 35.5. The molecular weight excluding hydrogens is 435 g/mol. The van der Waals surface area contributed by atoms with Gasteiger partial charge >= 0.3 is 6.09 Å². The van der Waals surface area contributed by atoms with E-state index in [9.17, 15) is 13.2 Å². The monoisotopic (exact) mass is 454 g/mol. The second kappa shape index (κ2) is 7.80. The van der Waals surface area contributed by atoms with E-state index in [1.165, 1.54) is 16.4 Å². The maximum absolute atomic E-state index is 13.1. The molecule has 0 spiro atoms. The fourth-order valence-electron chi connectivity index (χ4n) is 3.92. The zero-order valence-corrected chi connectivity index (χ0v) is 18.1. The standard InChI is InChI=1S/C20H20Cl2N2O4S/c1-13-5-6-18-14(11-13)12-28-20(25)24(18)15-7-9-23(10-8-15)29(26,27)19-16(21)3-2-4-17(19)22/h2-6,11,15H,7-10,12H2,1H3. The minimum absolute atomic E-state index is 0.0695. The summed E-state index contributed by atoms with van der Waals surface area (Å²) in [7, 11) is -3.82. The number of cyclic esters (lactones) is 1. The highest BCUT2D eigenvalue weighted by Crippen LogP contribution is 2.36. The van der Waals surface area contributed by atoms with Crippen LogP contribution in [0, 0.1) is 6.92 Å². The van der Waals surface area contributed by atoms with Crippen LogP contribution in [0.5, 0.6) is 0 Å². The summed E-state index contributed by atoms with van der Waals surface area (Å²) < 4.78 is 32.8. The molecule has 1 amide bonds. The van der Waals surface area contributed by atoms with Crippen molar-refractivity contribution >= 4 is 45.0 Å². The Hall–Kier alpha value is -1.80. The summed E-state index contributed by atoms with van der Waals surface area (Å²) in [6, 6.07) is 10.4. The van der Waals surface area contributed by atoms with Gasteiger partial charge in [-0.1, -0.05) is 47.0 Å². The smallest absolute Gasteiger partial charge is 0.414 e. The van der Waals surface area contributed by atoms with Gasteiger partial charge in [-0.3, -0.25) is 4.90 Å². The molecular formula is C20H20Cl2N2O4S. The van der Waals surface area contributed by atoms with Crippen molar-refractivity contribution in [3.8, 4) is 0 Å². The molecule has 0 bridgehead atoms. The lowest BCUT2D eigenvalue weighted by Crippen LogP contribution is -2.50. The van der Waals surface area contributed by atoms with E-state index < -0.39 is 16.1 Å². The molecule has 6 nitrogen and oxygen atoms in total. The first kappa shape index (κ1) is 20.5. The Kier molecular flexibility index (Phi) is 5.50. The predicted molar refractivity (Wildman–Crippen MR) is 112 cm³/mol. The van der Waals surface area contributed by atoms with Crippen molar-refractivity contribution in [3.63, 3.8) is 0 Å². The lowest BCUT2D eigenvalue weighted by molar-refractivity contribution is 0.135. The van der Waals surface area contributed by atoms with Gasteiger partial charge in [0.05, 0.1) is 15.7 Å². The predicted octanol–water partition coefficient (Wildman–Crippen LogP) is 4.61. The van der Waals surface area contributed by atoms with E-state index in [1.54, 1.807) is 11.0 Å². The molecule has 2 aliphatic rings. The third-order valence-corrected chi connectivity index (χ3v) is 8.20. The van der Waals surface area contributed by atoms with Gasteiger partial charge in [-0.2, -0.15) is 4.31 Å². The van der Waals surface area contributed by atoms with Crippen molar-refractivity contribution in [3.05, 3.63) is 57.6 Å². The largest absolute Gasteiger partial charge is 0.444 e. The van der Waals surface area contributed by atoms with Crippen LogP contribution < -0.4 is 4.90 Å². The van der Waals surface area contributed by atoms with Crippen molar-refractivity contribution in [1.29, 1.82) is 0 Å². The molecule has 2 aliphatic heterocycles. The highest BCUT2D eigenvalue weighted by Gasteiger charge is 2.38. The summed E-state index contributed by atoms with van der Waals surface area (Å²) >= 11 is 12.2. The molecule has 2 aromatic carbocycles. The summed E-state index contributed by atoms with van der Waals surface area (Å²) in [6.45, 7) is 2.77. The number of ether oxygens (including phenoxy) is 1. The van der Waals surface area contributed by atoms with Crippen LogP contribution >= 0.6 is 23.2 Å². The van der Waals surface area contributed by atoms with Gasteiger partial charge < -0.3 is 4.74 Å². The van der Waals surface area contributed by atoms with Gasteiger partial charge in [0.25, 0.3) is 0 Å². The highest BCUT2D eigenvalue weighted by molar-refractivity contribution is 7.89. The van der Waals surface area contributed by atoms with Crippen molar-refractivity contribution < 1.29 is 17.9 Å². The normalized spacial score (nSPS) is 18.4. The first-order valence-corrected chi connectivity index (χ1v) is 11.5. The molecule has 0 unspecified atom stereocenters. The molecule has 4 rings (SSSR count). The topological polar surface area (TPSA) is 66.9 Å². The molecule has 0 N–H and O–H groups in total. The zero-order valence-electron chi connectivity index (χ0n) is 15.8. The number of sulfonamides is 1. The number of benzene rings is 2. The number of amides is 1. The van der Waals surface area contributed by atoms with E-state index in [4.69, 9.17) is 27.9 Å². The number of nitrogens with zero attached hydrogens (tertiary/aromatic N) is 2. The quantitative estimate of drug-likeness (QED) is 0.678. The average molecular weight is 455 g/mol. The molecule has 0 atom stereocenters. The number of piperidine rings is 1. The van der Waals surface area contributed by atoms with Crippen LogP contribution in [0.4, 0.5) is 10.5 Å². The van der Waals surface area contributed by atoms with E-state index in [0.29, 0.717) is 12.8 Å². The van der Waals surface area contributed by atoms with Crippen LogP contribution in [0.15, 0.2) is 41.3 Å². The second-order valence-corrected chi connectivity index (χ2v) is 9.93. The molecule has 2 aromatic rings. The Balaban J connectivity index is 1.55. The molecule has 1 fully saturated rings. The molecule has 0 radical (unpaired) electrons. The number of anilines is 1. The molecule has 29 heavy (non-hydrogen) atoms. The Morgan fingerprint density at radius 2 is 1.72 bits per heavy atom. The van der Waals surface area contributed by atoms with Gasteiger partial charge in [0.15, 0.2) is 0 Å². The first-order chi connectivity index (χ1) is 13.8. The minimum atomic E-state index is -3.82. The number of hydrogen-bond donors (Lipinski definition) is 0. The SMILES string of the molecule is Cc1ccc2c(c1)COC(=O)N2C1CCN(S(=O)(=O)c2c(Cl)cccc2Cl)CC1. The number of carbonyl (C=O) groups excluding carboxylic acids is 1. The number of halogens is 2. The molecule has 0 aliphatic carbocycles. The van der Waals surface area contributed by atoms with Crippen molar-refractivity contribution in [2.75, 3.05) is 18.0 Å². The summed E-state index contributed by atoms with van der Waals surface area (Å²) in [5, 5.41) is 0.201. The van der Waals surface area contributed by atoms with Crippen LogP contribution in [0.25, 0.3) is 0 Å². The lowest BCUT2D eigenvalue weighted by atomic mass is 10.0. The van der Waals surface area contributed by atoms with Gasteiger partial charge in [0.1, 0.15) is 11.5 Å². The Morgan fingerprint density at radius 3 is 2.38 bits per heavy atom. The summed E-state index contributed by atoms with van der Waals surface area (Å²) in [5.74, 6) is 0. The summed E-state index contributed by atoms with van der Waals surface area (Å²) in [4.78, 5) is 14.1. The van der Waals surface area contributed by atoms with Crippen molar-refractivity contribution in [2.45, 2.75) is 37.3 Å². The summed E-state index contributed by atoms with van der Waals surface area (Å²) in [6.07, 6.45) is 0.588. The molecule has 154 valence electrons. The van der Waals surface area contributed by atoms with Gasteiger partial charge in [-0.25, -0.2) is 13.2 Å². The van der Waals surface area contributed by atoms with Crippen LogP contribution in [0.1, 0.15) is 24.0 Å². The van der Waals surface area contributed by atoms with E-state index in [-0.39, 0.29) is 40.7 Å². The van der Waals surface area contributed by atoms with E-state index in [0.717, 1.165) is 16.8 Å². The Labute approximate surface area is 180 Å². The van der Waals surface area contributed by atoms with E-state index in [1.807, 2.05) is 25.1 Å². The minimum Gasteiger partial charge on any atom is -0.444 e. The third-order valence-electron chi connectivity index (χ3n) is 5.35. The number of fused-ring (bicyclic) bond motifs is 1. The Bertz CT molecular complexity index is 1050. The van der Waals surface area contributed by atoms with E-state index >= 15 is 0 Å². The molecule has 9 heteroatoms. The van der Waals surface area contributed by atoms with Gasteiger partial charge in [0.2, 0.25) is 10.0 Å². The number of carbonyl (C=O) groups is 1. The van der Waals surface area contributed by atoms with Gasteiger partial charge in [-0.05, 0) is 38.0 Å². The Morgan fingerprint density at radius 1 is 1.07 bits per heavy atom. The summed E-state index contributed by atoms with van der Waals surface area (Å²) in [5.41, 5.74) is 2.89. The molecule has 0 saturated carbocycles. The number of hydrogen-bond acceptors (Lipinski definition) is 4. The van der Waals surface area contributed by atoms with Crippen LogP contribution in [0.3, 0.4) is 0 Å². The average Bonchev–Trinajstić information content (AvgIpc) is 2.68. The van der Waals surface area contributed by atoms with Crippen molar-refractivity contribution in [1.82, 2.24) is 4.31 Å². The van der Waals surface area contributed by atoms with Crippen LogP contribution in [-0.4, -0.2) is 37.9 Å².